The van der Waals surface area contributed by atoms with Gasteiger partial charge in [0, 0.05) is 29.2 Å². The highest BCUT2D eigenvalue weighted by Gasteiger charge is 2.14. The zero-order valence-corrected chi connectivity index (χ0v) is 16.7. The summed E-state index contributed by atoms with van der Waals surface area (Å²) in [5.41, 5.74) is 1.75. The van der Waals surface area contributed by atoms with E-state index in [9.17, 15) is 4.79 Å². The van der Waals surface area contributed by atoms with E-state index in [-0.39, 0.29) is 18.5 Å². The molecule has 0 heterocycles. The maximum atomic E-state index is 12.2. The predicted molar refractivity (Wildman–Crippen MR) is 106 cm³/mol. The van der Waals surface area contributed by atoms with Crippen LogP contribution in [-0.2, 0) is 11.3 Å². The fraction of sp³-hybridized carbons (Fsp3) is 0.350. The molecule has 0 spiro atoms. The van der Waals surface area contributed by atoms with Crippen molar-refractivity contribution in [1.82, 2.24) is 10.6 Å². The van der Waals surface area contributed by atoms with Gasteiger partial charge in [0.15, 0.2) is 11.5 Å². The molecule has 0 saturated carbocycles. The van der Waals surface area contributed by atoms with Gasteiger partial charge in [-0.15, -0.1) is 0 Å². The average molecular weight is 393 g/mol. The lowest BCUT2D eigenvalue weighted by atomic mass is 10.1. The Balaban J connectivity index is 1.94. The molecule has 0 saturated heterocycles. The van der Waals surface area contributed by atoms with Crippen LogP contribution in [0.25, 0.3) is 0 Å². The standard InChI is InChI=1S/C20H25ClN2O4/c1-13(15-7-5-6-8-16(15)21)22-12-20(24)23-11-14-9-18(26-3)19(27-4)10-17(14)25-2/h5-10,13,22H,11-12H2,1-4H3,(H,23,24). The van der Waals surface area contributed by atoms with Crippen LogP contribution in [0.1, 0.15) is 24.1 Å². The van der Waals surface area contributed by atoms with Crippen LogP contribution in [0.3, 0.4) is 0 Å². The maximum absolute atomic E-state index is 12.2. The van der Waals surface area contributed by atoms with E-state index in [1.54, 1.807) is 33.5 Å². The molecule has 1 amide bonds. The summed E-state index contributed by atoms with van der Waals surface area (Å²) in [6.07, 6.45) is 0. The van der Waals surface area contributed by atoms with Crippen molar-refractivity contribution < 1.29 is 19.0 Å². The van der Waals surface area contributed by atoms with E-state index in [0.29, 0.717) is 28.8 Å². The summed E-state index contributed by atoms with van der Waals surface area (Å²) in [6.45, 7) is 2.44. The molecule has 2 N–H and O–H groups in total. The Bertz CT molecular complexity index is 783. The number of hydrogen-bond acceptors (Lipinski definition) is 5. The minimum atomic E-state index is -0.134. The lowest BCUT2D eigenvalue weighted by molar-refractivity contribution is -0.120. The first-order chi connectivity index (χ1) is 13.0. The molecule has 27 heavy (non-hydrogen) atoms. The molecule has 7 heteroatoms. The Hall–Kier alpha value is -2.44. The number of carbonyl (C=O) groups excluding carboxylic acids is 1. The van der Waals surface area contributed by atoms with Crippen molar-refractivity contribution in [3.63, 3.8) is 0 Å². The molecule has 0 fully saturated rings. The number of hydrogen-bond donors (Lipinski definition) is 2. The van der Waals surface area contributed by atoms with Crippen LogP contribution in [-0.4, -0.2) is 33.8 Å². The lowest BCUT2D eigenvalue weighted by Crippen LogP contribution is -2.34. The topological polar surface area (TPSA) is 68.8 Å². The first-order valence-electron chi connectivity index (χ1n) is 8.53. The summed E-state index contributed by atoms with van der Waals surface area (Å²) in [5, 5.41) is 6.72. The quantitative estimate of drug-likeness (QED) is 0.685. The molecular formula is C20H25ClN2O4. The van der Waals surface area contributed by atoms with Crippen molar-refractivity contribution in [3.8, 4) is 17.2 Å². The first-order valence-corrected chi connectivity index (χ1v) is 8.91. The van der Waals surface area contributed by atoms with Gasteiger partial charge in [0.2, 0.25) is 5.91 Å². The summed E-state index contributed by atoms with van der Waals surface area (Å²) >= 11 is 6.19. The van der Waals surface area contributed by atoms with Gasteiger partial charge in [-0.25, -0.2) is 0 Å². The number of halogens is 1. The van der Waals surface area contributed by atoms with Crippen LogP contribution in [0.15, 0.2) is 36.4 Å². The smallest absolute Gasteiger partial charge is 0.234 e. The minimum absolute atomic E-state index is 0.0416. The lowest BCUT2D eigenvalue weighted by Gasteiger charge is -2.16. The van der Waals surface area contributed by atoms with Crippen LogP contribution < -0.4 is 24.8 Å². The number of benzene rings is 2. The highest BCUT2D eigenvalue weighted by molar-refractivity contribution is 6.31. The number of methoxy groups -OCH3 is 3. The Kier molecular flexibility index (Phi) is 7.76. The van der Waals surface area contributed by atoms with E-state index in [4.69, 9.17) is 25.8 Å². The second-order valence-electron chi connectivity index (χ2n) is 5.92. The SMILES string of the molecule is COc1cc(OC)c(OC)cc1CNC(=O)CNC(C)c1ccccc1Cl. The van der Waals surface area contributed by atoms with Gasteiger partial charge in [-0.2, -0.15) is 0 Å². The maximum Gasteiger partial charge on any atom is 0.234 e. The van der Waals surface area contributed by atoms with Crippen LogP contribution >= 0.6 is 11.6 Å². The van der Waals surface area contributed by atoms with Gasteiger partial charge in [0.05, 0.1) is 27.9 Å². The fourth-order valence-electron chi connectivity index (χ4n) is 2.67. The summed E-state index contributed by atoms with van der Waals surface area (Å²) in [5.74, 6) is 1.63. The zero-order valence-electron chi connectivity index (χ0n) is 16.0. The second kappa shape index (κ2) is 10.0. The Labute approximate surface area is 164 Å². The Morgan fingerprint density at radius 2 is 1.67 bits per heavy atom. The average Bonchev–Trinajstić information content (AvgIpc) is 2.69. The van der Waals surface area contributed by atoms with Crippen molar-refractivity contribution in [2.45, 2.75) is 19.5 Å². The first kappa shape index (κ1) is 20.9. The van der Waals surface area contributed by atoms with Gasteiger partial charge in [-0.3, -0.25) is 4.79 Å². The molecule has 146 valence electrons. The third-order valence-electron chi connectivity index (χ3n) is 4.20. The van der Waals surface area contributed by atoms with Gasteiger partial charge in [-0.05, 0) is 24.6 Å². The zero-order chi connectivity index (χ0) is 19.8. The number of carbonyl (C=O) groups is 1. The Morgan fingerprint density at radius 3 is 2.30 bits per heavy atom. The molecule has 0 radical (unpaired) electrons. The van der Waals surface area contributed by atoms with Gasteiger partial charge in [0.25, 0.3) is 0 Å². The number of ether oxygens (including phenoxy) is 3. The van der Waals surface area contributed by atoms with Crippen LogP contribution in [0.2, 0.25) is 5.02 Å². The molecule has 0 aromatic heterocycles. The molecule has 6 nitrogen and oxygen atoms in total. The van der Waals surface area contributed by atoms with Crippen molar-refractivity contribution >= 4 is 17.5 Å². The fourth-order valence-corrected chi connectivity index (χ4v) is 2.97. The van der Waals surface area contributed by atoms with Gasteiger partial charge in [0.1, 0.15) is 5.75 Å². The third kappa shape index (κ3) is 5.52. The van der Waals surface area contributed by atoms with Gasteiger partial charge < -0.3 is 24.8 Å². The monoisotopic (exact) mass is 392 g/mol. The van der Waals surface area contributed by atoms with E-state index in [1.807, 2.05) is 31.2 Å². The van der Waals surface area contributed by atoms with Crippen molar-refractivity contribution in [2.24, 2.45) is 0 Å². The molecular weight excluding hydrogens is 368 g/mol. The molecule has 2 rings (SSSR count). The van der Waals surface area contributed by atoms with Crippen LogP contribution in [0.5, 0.6) is 17.2 Å². The van der Waals surface area contributed by atoms with Crippen LogP contribution in [0.4, 0.5) is 0 Å². The predicted octanol–water partition coefficient (Wildman–Crippen LogP) is 3.33. The highest BCUT2D eigenvalue weighted by atomic mass is 35.5. The van der Waals surface area contributed by atoms with Gasteiger partial charge >= 0.3 is 0 Å². The van der Waals surface area contributed by atoms with Crippen molar-refractivity contribution in [3.05, 3.63) is 52.5 Å². The minimum Gasteiger partial charge on any atom is -0.496 e. The van der Waals surface area contributed by atoms with Crippen LogP contribution in [0, 0.1) is 0 Å². The van der Waals surface area contributed by atoms with E-state index in [1.165, 1.54) is 0 Å². The molecule has 0 aliphatic heterocycles. The molecule has 0 aliphatic rings. The summed E-state index contributed by atoms with van der Waals surface area (Å²) in [4.78, 5) is 12.2. The van der Waals surface area contributed by atoms with Crippen molar-refractivity contribution in [2.75, 3.05) is 27.9 Å². The molecule has 2 aromatic rings. The molecule has 0 aliphatic carbocycles. The highest BCUT2D eigenvalue weighted by Crippen LogP contribution is 2.34. The number of amides is 1. The summed E-state index contributed by atoms with van der Waals surface area (Å²) in [6, 6.07) is 11.0. The normalized spacial score (nSPS) is 11.6. The summed E-state index contributed by atoms with van der Waals surface area (Å²) in [7, 11) is 4.69. The molecule has 1 atom stereocenters. The molecule has 1 unspecified atom stereocenters. The second-order valence-corrected chi connectivity index (χ2v) is 6.33. The number of rotatable bonds is 9. The van der Waals surface area contributed by atoms with E-state index in [2.05, 4.69) is 10.6 Å². The Morgan fingerprint density at radius 1 is 1.04 bits per heavy atom. The molecule has 2 aromatic carbocycles. The molecule has 0 bridgehead atoms. The van der Waals surface area contributed by atoms with Gasteiger partial charge in [-0.1, -0.05) is 29.8 Å². The number of nitrogens with one attached hydrogen (secondary N) is 2. The largest absolute Gasteiger partial charge is 0.496 e. The van der Waals surface area contributed by atoms with Crippen molar-refractivity contribution in [1.29, 1.82) is 0 Å². The summed E-state index contributed by atoms with van der Waals surface area (Å²) < 4.78 is 15.9. The van der Waals surface area contributed by atoms with E-state index >= 15 is 0 Å². The van der Waals surface area contributed by atoms with E-state index in [0.717, 1.165) is 11.1 Å². The third-order valence-corrected chi connectivity index (χ3v) is 4.55. The van der Waals surface area contributed by atoms with E-state index < -0.39 is 0 Å².